The van der Waals surface area contributed by atoms with Gasteiger partial charge in [0.25, 0.3) is 5.97 Å². The van der Waals surface area contributed by atoms with Gasteiger partial charge in [0.05, 0.1) is 5.09 Å². The Balaban J connectivity index is -0.0000000300. The monoisotopic (exact) mass is 350 g/mol. The van der Waals surface area contributed by atoms with Gasteiger partial charge in [0.1, 0.15) is 0 Å². The average Bonchev–Trinajstić information content (AvgIpc) is 1.25. The standard InChI is InChI=1S/C2H4O2.Ce.NO3.Sr/c1-2(3)4;;2-1(3)4;/h1H3,(H,3,4);;;/q;;-1;+2. The average molecular weight is 350 g/mol. The van der Waals surface area contributed by atoms with E-state index in [0.717, 1.165) is 6.92 Å². The molecule has 0 unspecified atom stereocenters. The van der Waals surface area contributed by atoms with Crippen LogP contribution in [0.25, 0.3) is 0 Å². The first-order chi connectivity index (χ1) is 3.46. The second kappa shape index (κ2) is 16.9. The van der Waals surface area contributed by atoms with Gasteiger partial charge in [0.15, 0.2) is 0 Å². The van der Waals surface area contributed by atoms with Crippen LogP contribution in [0.15, 0.2) is 0 Å². The fourth-order valence-corrected chi connectivity index (χ4v) is 0. The third-order valence-electron chi connectivity index (χ3n) is 0. The van der Waals surface area contributed by atoms with Crippen LogP contribution in [0.1, 0.15) is 6.92 Å². The third-order valence-corrected chi connectivity index (χ3v) is 0. The summed E-state index contributed by atoms with van der Waals surface area (Å²) < 4.78 is 0. The Hall–Kier alpha value is 1.53. The van der Waals surface area contributed by atoms with Crippen LogP contribution in [0.2, 0.25) is 0 Å². The van der Waals surface area contributed by atoms with Gasteiger partial charge in [0.2, 0.25) is 0 Å². The number of carbonyl (C=O) groups is 1. The second-order valence-electron chi connectivity index (χ2n) is 0.743. The first-order valence-corrected chi connectivity index (χ1v) is 1.48. The van der Waals surface area contributed by atoms with E-state index < -0.39 is 11.1 Å². The molecule has 0 aliphatic heterocycles. The molecule has 0 saturated heterocycles. The third kappa shape index (κ3) is 297. The van der Waals surface area contributed by atoms with Gasteiger partial charge < -0.3 is 20.4 Å². The number of hydrogen-bond acceptors (Lipinski definition) is 4. The van der Waals surface area contributed by atoms with Crippen LogP contribution in [0.3, 0.4) is 0 Å². The Morgan fingerprint density at radius 2 is 1.50 bits per heavy atom. The summed E-state index contributed by atoms with van der Waals surface area (Å²) in [5.41, 5.74) is 0. The van der Waals surface area contributed by atoms with E-state index in [1.165, 1.54) is 0 Å². The molecule has 0 amide bonds. The van der Waals surface area contributed by atoms with E-state index in [4.69, 9.17) is 25.2 Å². The number of aliphatic carboxylic acids is 1. The number of carboxylic acids is 1. The summed E-state index contributed by atoms with van der Waals surface area (Å²) in [5.74, 6) is -0.833. The van der Waals surface area contributed by atoms with Crippen LogP contribution in [-0.2, 0) is 4.79 Å². The molecule has 1 N–H and O–H groups in total. The van der Waals surface area contributed by atoms with E-state index in [9.17, 15) is 0 Å². The van der Waals surface area contributed by atoms with E-state index in [1.807, 2.05) is 0 Å². The van der Waals surface area contributed by atoms with Gasteiger partial charge >= 0.3 is 45.5 Å². The first kappa shape index (κ1) is 22.5. The zero-order valence-electron chi connectivity index (χ0n) is 5.23. The molecule has 0 aliphatic carbocycles. The summed E-state index contributed by atoms with van der Waals surface area (Å²) >= 11 is 0. The van der Waals surface area contributed by atoms with Crippen molar-refractivity contribution >= 4 is 51.5 Å². The number of nitrogens with zero attached hydrogens (tertiary/aromatic N) is 1. The summed E-state index contributed by atoms with van der Waals surface area (Å²) in [7, 11) is 0. The Morgan fingerprint density at radius 3 is 1.50 bits per heavy atom. The normalized spacial score (nSPS) is 4.90. The van der Waals surface area contributed by atoms with Crippen molar-refractivity contribution in [3.63, 3.8) is 0 Å². The summed E-state index contributed by atoms with van der Waals surface area (Å²) in [6.45, 7) is 1.08. The van der Waals surface area contributed by atoms with Crippen molar-refractivity contribution in [3.05, 3.63) is 15.3 Å². The van der Waals surface area contributed by atoms with Crippen molar-refractivity contribution < 1.29 is 56.7 Å². The van der Waals surface area contributed by atoms with Crippen LogP contribution in [0.4, 0.5) is 0 Å². The van der Waals surface area contributed by atoms with E-state index >= 15 is 0 Å². The van der Waals surface area contributed by atoms with Gasteiger partial charge in [-0.2, -0.15) is 0 Å². The molecule has 0 heterocycles. The van der Waals surface area contributed by atoms with E-state index in [-0.39, 0.29) is 87.2 Å². The summed E-state index contributed by atoms with van der Waals surface area (Å²) in [5, 5.41) is 22.2. The second-order valence-corrected chi connectivity index (χ2v) is 0.743. The molecule has 52 valence electrons. The molecule has 8 heteroatoms. The fourth-order valence-electron chi connectivity index (χ4n) is 0. The summed E-state index contributed by atoms with van der Waals surface area (Å²) in [6.07, 6.45) is 0. The van der Waals surface area contributed by atoms with Crippen molar-refractivity contribution in [2.75, 3.05) is 0 Å². The van der Waals surface area contributed by atoms with Crippen molar-refractivity contribution in [2.24, 2.45) is 0 Å². The molecule has 0 bridgehead atoms. The first-order valence-electron chi connectivity index (χ1n) is 1.48. The van der Waals surface area contributed by atoms with Gasteiger partial charge in [-0.05, 0) is 0 Å². The van der Waals surface area contributed by atoms with E-state index in [1.54, 1.807) is 0 Å². The van der Waals surface area contributed by atoms with Crippen molar-refractivity contribution in [3.8, 4) is 0 Å². The maximum absolute atomic E-state index is 9.00. The summed E-state index contributed by atoms with van der Waals surface area (Å²) in [4.78, 5) is 17.2. The SMILES string of the molecule is CC(=O)O.O=[N+]([O-])[O-].[Ce].[Sr+2]. The zero-order chi connectivity index (χ0) is 7.15. The molecular weight excluding hydrogens is 346 g/mol. The molecule has 0 aliphatic rings. The van der Waals surface area contributed by atoms with Crippen molar-refractivity contribution in [2.45, 2.75) is 6.92 Å². The number of carboxylic acid groups (broad SMARTS) is 1. The van der Waals surface area contributed by atoms with Gasteiger partial charge in [0, 0.05) is 48.7 Å². The number of hydrogen-bond donors (Lipinski definition) is 1. The Kier molecular flexibility index (Phi) is 38.0. The topological polar surface area (TPSA) is 104 Å². The van der Waals surface area contributed by atoms with Gasteiger partial charge in [-0.25, -0.2) is 0 Å². The predicted molar refractivity (Wildman–Crippen MR) is 29.4 cm³/mol. The van der Waals surface area contributed by atoms with Crippen LogP contribution in [0.5, 0.6) is 0 Å². The molecule has 0 aromatic rings. The minimum atomic E-state index is -1.75. The zero-order valence-corrected chi connectivity index (χ0v) is 11.9. The molecule has 0 aromatic carbocycles. The number of rotatable bonds is 0. The Morgan fingerprint density at radius 1 is 1.50 bits per heavy atom. The van der Waals surface area contributed by atoms with Crippen molar-refractivity contribution in [1.29, 1.82) is 0 Å². The fraction of sp³-hybridized carbons (Fsp3) is 0.500. The molecule has 0 spiro atoms. The van der Waals surface area contributed by atoms with Crippen LogP contribution >= 0.6 is 0 Å². The van der Waals surface area contributed by atoms with Crippen LogP contribution in [0, 0.1) is 57.1 Å². The van der Waals surface area contributed by atoms with Gasteiger partial charge in [-0.3, -0.25) is 4.79 Å². The molecule has 6 nitrogen and oxygen atoms in total. The molecular formula is C2H4CeNO5Sr+. The molecule has 0 radical (unpaired) electrons. The van der Waals surface area contributed by atoms with Crippen LogP contribution in [-0.4, -0.2) is 61.6 Å². The maximum atomic E-state index is 9.00. The van der Waals surface area contributed by atoms with E-state index in [2.05, 4.69) is 0 Å². The summed E-state index contributed by atoms with van der Waals surface area (Å²) in [6, 6.07) is 0. The predicted octanol–water partition coefficient (Wildman–Crippen LogP) is -0.529. The minimum absolute atomic E-state index is 0. The van der Waals surface area contributed by atoms with Crippen molar-refractivity contribution in [1.82, 2.24) is 0 Å². The van der Waals surface area contributed by atoms with Crippen LogP contribution < -0.4 is 0 Å². The molecule has 0 saturated carbocycles. The molecule has 0 rings (SSSR count). The minimum Gasteiger partial charge on any atom is -0.481 e. The molecule has 0 fully saturated rings. The van der Waals surface area contributed by atoms with Gasteiger partial charge in [-0.1, -0.05) is 0 Å². The smallest absolute Gasteiger partial charge is 0.481 e. The molecule has 0 aromatic heterocycles. The van der Waals surface area contributed by atoms with Gasteiger partial charge in [-0.15, -0.1) is 0 Å². The quantitative estimate of drug-likeness (QED) is 0.360. The molecule has 10 heavy (non-hydrogen) atoms. The largest absolute Gasteiger partial charge is 2.00 e. The maximum Gasteiger partial charge on any atom is 2.00 e. The van der Waals surface area contributed by atoms with E-state index in [0.29, 0.717) is 0 Å². The molecule has 0 atom stereocenters. The Bertz CT molecular complexity index is 77.6. The Labute approximate surface area is 128 Å².